The van der Waals surface area contributed by atoms with Crippen molar-refractivity contribution in [2.75, 3.05) is 19.8 Å². The van der Waals surface area contributed by atoms with Crippen molar-refractivity contribution in [1.29, 1.82) is 0 Å². The molecule has 0 bridgehead atoms. The van der Waals surface area contributed by atoms with Gasteiger partial charge in [0, 0.05) is 18.2 Å². The Kier molecular flexibility index (Phi) is 4.60. The van der Waals surface area contributed by atoms with E-state index in [2.05, 4.69) is 10.3 Å². The molecule has 0 atom stereocenters. The van der Waals surface area contributed by atoms with Gasteiger partial charge in [0.2, 0.25) is 5.88 Å². The number of carbonyl (C=O) groups excluding carboxylic acids is 1. The Morgan fingerprint density at radius 2 is 2.30 bits per heavy atom. The van der Waals surface area contributed by atoms with Gasteiger partial charge < -0.3 is 15.2 Å². The average Bonchev–Trinajstić information content (AvgIpc) is 3.23. The SMILES string of the molecule is CC(C)COc1ncccc1C(=O)NCC1(CO)CC1. The number of ether oxygens (including phenoxy) is 1. The zero-order valence-electron chi connectivity index (χ0n) is 12.1. The first-order chi connectivity index (χ1) is 9.56. The van der Waals surface area contributed by atoms with E-state index in [-0.39, 0.29) is 17.9 Å². The summed E-state index contributed by atoms with van der Waals surface area (Å²) in [6, 6.07) is 3.42. The fraction of sp³-hybridized carbons (Fsp3) is 0.600. The molecular formula is C15H22N2O3. The molecule has 0 aromatic carbocycles. The zero-order chi connectivity index (χ0) is 14.6. The maximum absolute atomic E-state index is 12.2. The Balaban J connectivity index is 1.98. The van der Waals surface area contributed by atoms with E-state index < -0.39 is 0 Å². The van der Waals surface area contributed by atoms with Gasteiger partial charge in [0.25, 0.3) is 5.91 Å². The molecule has 1 aromatic rings. The second-order valence-corrected chi connectivity index (χ2v) is 5.90. The van der Waals surface area contributed by atoms with Gasteiger partial charge in [0.05, 0.1) is 13.2 Å². The molecule has 1 aliphatic rings. The van der Waals surface area contributed by atoms with Gasteiger partial charge in [-0.3, -0.25) is 4.79 Å². The van der Waals surface area contributed by atoms with E-state index in [0.717, 1.165) is 12.8 Å². The predicted molar refractivity (Wildman–Crippen MR) is 75.7 cm³/mol. The first kappa shape index (κ1) is 14.8. The van der Waals surface area contributed by atoms with Gasteiger partial charge >= 0.3 is 0 Å². The molecule has 1 aliphatic carbocycles. The molecule has 2 N–H and O–H groups in total. The Morgan fingerprint density at radius 3 is 2.90 bits per heavy atom. The molecule has 0 unspecified atom stereocenters. The number of aliphatic hydroxyl groups excluding tert-OH is 1. The van der Waals surface area contributed by atoms with Crippen molar-refractivity contribution < 1.29 is 14.6 Å². The number of pyridine rings is 1. The summed E-state index contributed by atoms with van der Waals surface area (Å²) in [6.45, 7) is 5.23. The van der Waals surface area contributed by atoms with Gasteiger partial charge in [-0.25, -0.2) is 4.98 Å². The smallest absolute Gasteiger partial charge is 0.256 e. The third kappa shape index (κ3) is 3.70. The van der Waals surface area contributed by atoms with E-state index in [1.54, 1.807) is 18.3 Å². The quantitative estimate of drug-likeness (QED) is 0.795. The van der Waals surface area contributed by atoms with Crippen molar-refractivity contribution in [1.82, 2.24) is 10.3 Å². The highest BCUT2D eigenvalue weighted by atomic mass is 16.5. The molecule has 2 rings (SSSR count). The Morgan fingerprint density at radius 1 is 1.55 bits per heavy atom. The van der Waals surface area contributed by atoms with Crippen LogP contribution in [0.4, 0.5) is 0 Å². The summed E-state index contributed by atoms with van der Waals surface area (Å²) >= 11 is 0. The standard InChI is InChI=1S/C15H22N2O3/c1-11(2)8-20-14-12(4-3-7-16-14)13(19)17-9-15(10-18)5-6-15/h3-4,7,11,18H,5-6,8-10H2,1-2H3,(H,17,19). The van der Waals surface area contributed by atoms with Crippen molar-refractivity contribution >= 4 is 5.91 Å². The van der Waals surface area contributed by atoms with E-state index >= 15 is 0 Å². The van der Waals surface area contributed by atoms with E-state index in [1.807, 2.05) is 13.8 Å². The van der Waals surface area contributed by atoms with Crippen molar-refractivity contribution in [2.45, 2.75) is 26.7 Å². The summed E-state index contributed by atoms with van der Waals surface area (Å²) in [5, 5.41) is 12.1. The third-order valence-electron chi connectivity index (χ3n) is 3.49. The molecule has 110 valence electrons. The van der Waals surface area contributed by atoms with Gasteiger partial charge in [-0.05, 0) is 30.9 Å². The lowest BCUT2D eigenvalue weighted by Crippen LogP contribution is -2.32. The molecule has 0 spiro atoms. The molecule has 5 heteroatoms. The van der Waals surface area contributed by atoms with Crippen LogP contribution in [-0.4, -0.2) is 35.8 Å². The number of nitrogens with zero attached hydrogens (tertiary/aromatic N) is 1. The molecule has 0 aliphatic heterocycles. The first-order valence-corrected chi connectivity index (χ1v) is 7.03. The molecule has 0 radical (unpaired) electrons. The van der Waals surface area contributed by atoms with Crippen LogP contribution in [0.5, 0.6) is 5.88 Å². The van der Waals surface area contributed by atoms with Crippen molar-refractivity contribution in [3.8, 4) is 5.88 Å². The van der Waals surface area contributed by atoms with Crippen LogP contribution in [0.25, 0.3) is 0 Å². The van der Waals surface area contributed by atoms with Gasteiger partial charge in [0.15, 0.2) is 0 Å². The average molecular weight is 278 g/mol. The van der Waals surface area contributed by atoms with E-state index in [9.17, 15) is 9.90 Å². The van der Waals surface area contributed by atoms with Crippen LogP contribution in [0, 0.1) is 11.3 Å². The van der Waals surface area contributed by atoms with Crippen LogP contribution in [-0.2, 0) is 0 Å². The van der Waals surface area contributed by atoms with E-state index in [0.29, 0.717) is 30.5 Å². The van der Waals surface area contributed by atoms with Crippen molar-refractivity contribution in [3.05, 3.63) is 23.9 Å². The summed E-state index contributed by atoms with van der Waals surface area (Å²) in [5.74, 6) is 0.543. The van der Waals surface area contributed by atoms with Gasteiger partial charge in [-0.15, -0.1) is 0 Å². The predicted octanol–water partition coefficient (Wildman–Crippen LogP) is 1.62. The van der Waals surface area contributed by atoms with E-state index in [4.69, 9.17) is 4.74 Å². The Hall–Kier alpha value is -1.62. The number of hydrogen-bond acceptors (Lipinski definition) is 4. The highest BCUT2D eigenvalue weighted by Crippen LogP contribution is 2.44. The Labute approximate surface area is 119 Å². The summed E-state index contributed by atoms with van der Waals surface area (Å²) in [4.78, 5) is 16.3. The zero-order valence-corrected chi connectivity index (χ0v) is 12.1. The summed E-state index contributed by atoms with van der Waals surface area (Å²) in [5.41, 5.74) is 0.346. The number of aliphatic hydroxyl groups is 1. The number of nitrogens with one attached hydrogen (secondary N) is 1. The third-order valence-corrected chi connectivity index (χ3v) is 3.49. The van der Waals surface area contributed by atoms with Gasteiger partial charge in [-0.2, -0.15) is 0 Å². The fourth-order valence-electron chi connectivity index (χ4n) is 1.85. The molecule has 5 nitrogen and oxygen atoms in total. The highest BCUT2D eigenvalue weighted by Gasteiger charge is 2.42. The van der Waals surface area contributed by atoms with Crippen molar-refractivity contribution in [2.24, 2.45) is 11.3 Å². The molecule has 0 saturated heterocycles. The van der Waals surface area contributed by atoms with Crippen LogP contribution < -0.4 is 10.1 Å². The lowest BCUT2D eigenvalue weighted by atomic mass is 10.1. The lowest BCUT2D eigenvalue weighted by Gasteiger charge is -2.14. The molecule has 1 fully saturated rings. The van der Waals surface area contributed by atoms with Gasteiger partial charge in [-0.1, -0.05) is 13.8 Å². The molecule has 1 aromatic heterocycles. The first-order valence-electron chi connectivity index (χ1n) is 7.03. The van der Waals surface area contributed by atoms with Gasteiger partial charge in [0.1, 0.15) is 5.56 Å². The van der Waals surface area contributed by atoms with Crippen LogP contribution in [0.2, 0.25) is 0 Å². The molecule has 20 heavy (non-hydrogen) atoms. The summed E-state index contributed by atoms with van der Waals surface area (Å²) in [6.07, 6.45) is 3.55. The molecular weight excluding hydrogens is 256 g/mol. The molecule has 1 heterocycles. The monoisotopic (exact) mass is 278 g/mol. The van der Waals surface area contributed by atoms with Crippen LogP contribution >= 0.6 is 0 Å². The summed E-state index contributed by atoms with van der Waals surface area (Å²) < 4.78 is 5.57. The van der Waals surface area contributed by atoms with Crippen LogP contribution in [0.3, 0.4) is 0 Å². The summed E-state index contributed by atoms with van der Waals surface area (Å²) in [7, 11) is 0. The largest absolute Gasteiger partial charge is 0.477 e. The number of amides is 1. The Bertz CT molecular complexity index is 470. The molecule has 1 amide bonds. The maximum Gasteiger partial charge on any atom is 0.256 e. The number of carbonyl (C=O) groups is 1. The second-order valence-electron chi connectivity index (χ2n) is 5.90. The second kappa shape index (κ2) is 6.22. The minimum atomic E-state index is -0.198. The maximum atomic E-state index is 12.2. The van der Waals surface area contributed by atoms with E-state index in [1.165, 1.54) is 0 Å². The minimum absolute atomic E-state index is 0.100. The lowest BCUT2D eigenvalue weighted by molar-refractivity contribution is 0.0929. The van der Waals surface area contributed by atoms with Crippen LogP contribution in [0.1, 0.15) is 37.0 Å². The normalized spacial score (nSPS) is 16.0. The number of aromatic nitrogens is 1. The molecule has 1 saturated carbocycles. The number of rotatable bonds is 7. The van der Waals surface area contributed by atoms with Crippen LogP contribution in [0.15, 0.2) is 18.3 Å². The highest BCUT2D eigenvalue weighted by molar-refractivity contribution is 5.96. The minimum Gasteiger partial charge on any atom is -0.477 e. The number of hydrogen-bond donors (Lipinski definition) is 2. The topological polar surface area (TPSA) is 71.5 Å². The fourth-order valence-corrected chi connectivity index (χ4v) is 1.85. The van der Waals surface area contributed by atoms with Crippen molar-refractivity contribution in [3.63, 3.8) is 0 Å².